The summed E-state index contributed by atoms with van der Waals surface area (Å²) in [6.07, 6.45) is 9.94. The van der Waals surface area contributed by atoms with Crippen molar-refractivity contribution in [2.24, 2.45) is 0 Å². The van der Waals surface area contributed by atoms with Crippen LogP contribution in [-0.2, 0) is 14.3 Å². The van der Waals surface area contributed by atoms with Crippen molar-refractivity contribution in [2.45, 2.75) is 39.2 Å². The average Bonchev–Trinajstić information content (AvgIpc) is 3.01. The first kappa shape index (κ1) is 35.7. The first-order valence-electron chi connectivity index (χ1n) is 14.7. The summed E-state index contributed by atoms with van der Waals surface area (Å²) in [6, 6.07) is 1.21. The van der Waals surface area contributed by atoms with Crippen molar-refractivity contribution < 1.29 is 14.3 Å². The van der Waals surface area contributed by atoms with Gasteiger partial charge in [-0.3, -0.25) is 9.59 Å². The van der Waals surface area contributed by atoms with Crippen molar-refractivity contribution >= 4 is 41.3 Å². The zero-order valence-electron chi connectivity index (χ0n) is 26.7. The van der Waals surface area contributed by atoms with E-state index in [0.29, 0.717) is 73.5 Å². The highest BCUT2D eigenvalue weighted by molar-refractivity contribution is 5.92. The Balaban J connectivity index is 1.95. The second-order valence-electron chi connectivity index (χ2n) is 10.2. The maximum Gasteiger partial charge on any atom is 0.246 e. The normalized spacial score (nSPS) is 11.4. The van der Waals surface area contributed by atoms with E-state index in [1.165, 1.54) is 17.2 Å². The Morgan fingerprint density at radius 2 is 1.89 bits per heavy atom. The van der Waals surface area contributed by atoms with Gasteiger partial charge in [-0.05, 0) is 39.9 Å². The molecule has 0 aliphatic heterocycles. The number of ether oxygens (including phenoxy) is 1. The Labute approximate surface area is 260 Å². The van der Waals surface area contributed by atoms with Crippen molar-refractivity contribution in [3.63, 3.8) is 0 Å². The molecule has 5 N–H and O–H groups in total. The highest BCUT2D eigenvalue weighted by Gasteiger charge is 2.20. The number of aromatic nitrogens is 3. The Morgan fingerprint density at radius 1 is 1.11 bits per heavy atom. The van der Waals surface area contributed by atoms with E-state index in [9.17, 15) is 9.59 Å². The molecule has 13 nitrogen and oxygen atoms in total. The van der Waals surface area contributed by atoms with E-state index >= 15 is 0 Å². The van der Waals surface area contributed by atoms with E-state index < -0.39 is 6.04 Å². The number of rotatable bonds is 18. The molecule has 0 saturated heterocycles. The summed E-state index contributed by atoms with van der Waals surface area (Å²) in [5.41, 5.74) is 1.94. The van der Waals surface area contributed by atoms with E-state index in [2.05, 4.69) is 55.0 Å². The summed E-state index contributed by atoms with van der Waals surface area (Å²) < 4.78 is 5.05. The van der Waals surface area contributed by atoms with Crippen LogP contribution in [0.2, 0.25) is 0 Å². The number of nitrogens with zero attached hydrogens (tertiary/aromatic N) is 5. The van der Waals surface area contributed by atoms with Crippen molar-refractivity contribution in [1.29, 1.82) is 5.41 Å². The topological polar surface area (TPSA) is 160 Å². The lowest BCUT2D eigenvalue weighted by Gasteiger charge is -2.23. The first-order valence-corrected chi connectivity index (χ1v) is 14.7. The SMILES string of the molecule is CCCNc1nc(Nc2cnc(NCCOC)c(C=N)c2)ncc1C#CCCCNC(=O)[C@H](C)N(C)C(=O)/C=C/CN(C)C. The predicted octanol–water partition coefficient (Wildman–Crippen LogP) is 2.71. The van der Waals surface area contributed by atoms with Crippen LogP contribution in [0.25, 0.3) is 0 Å². The zero-order valence-corrected chi connectivity index (χ0v) is 26.7. The largest absolute Gasteiger partial charge is 0.383 e. The van der Waals surface area contributed by atoms with Gasteiger partial charge < -0.3 is 41.2 Å². The minimum Gasteiger partial charge on any atom is -0.383 e. The molecule has 0 aliphatic rings. The summed E-state index contributed by atoms with van der Waals surface area (Å²) in [4.78, 5) is 41.6. The summed E-state index contributed by atoms with van der Waals surface area (Å²) in [6.45, 7) is 6.70. The van der Waals surface area contributed by atoms with Crippen molar-refractivity contribution in [3.8, 4) is 11.8 Å². The fourth-order valence-corrected chi connectivity index (χ4v) is 3.66. The Morgan fingerprint density at radius 3 is 2.59 bits per heavy atom. The maximum atomic E-state index is 12.5. The van der Waals surface area contributed by atoms with Gasteiger partial charge in [-0.1, -0.05) is 24.8 Å². The van der Waals surface area contributed by atoms with E-state index in [1.807, 2.05) is 19.0 Å². The molecule has 2 amide bonds. The minimum atomic E-state index is -0.586. The van der Waals surface area contributed by atoms with E-state index in [0.717, 1.165) is 13.0 Å². The molecule has 0 aromatic carbocycles. The highest BCUT2D eigenvalue weighted by atomic mass is 16.5. The molecule has 2 aromatic rings. The maximum absolute atomic E-state index is 12.5. The Bertz CT molecular complexity index is 1320. The lowest BCUT2D eigenvalue weighted by Crippen LogP contribution is -2.45. The molecule has 0 saturated carbocycles. The molecular formula is C31H46N10O3. The number of likely N-dealkylation sites (N-methyl/N-ethyl adjacent to an activating group) is 2. The number of nitrogens with one attached hydrogen (secondary N) is 5. The van der Waals surface area contributed by atoms with Crippen LogP contribution < -0.4 is 21.3 Å². The number of pyridine rings is 1. The van der Waals surface area contributed by atoms with Gasteiger partial charge in [-0.15, -0.1) is 0 Å². The molecule has 0 aliphatic carbocycles. The van der Waals surface area contributed by atoms with E-state index in [4.69, 9.17) is 10.1 Å². The predicted molar refractivity (Wildman–Crippen MR) is 176 cm³/mol. The Hall–Kier alpha value is -4.54. The number of hydrogen-bond donors (Lipinski definition) is 5. The quantitative estimate of drug-likeness (QED) is 0.0739. The molecule has 238 valence electrons. The third-order valence-electron chi connectivity index (χ3n) is 6.30. The van der Waals surface area contributed by atoms with Gasteiger partial charge >= 0.3 is 0 Å². The highest BCUT2D eigenvalue weighted by Crippen LogP contribution is 2.20. The summed E-state index contributed by atoms with van der Waals surface area (Å²) in [7, 11) is 7.09. The van der Waals surface area contributed by atoms with Crippen molar-refractivity contribution in [1.82, 2.24) is 30.1 Å². The number of anilines is 4. The summed E-state index contributed by atoms with van der Waals surface area (Å²) in [5, 5.41) is 20.2. The van der Waals surface area contributed by atoms with E-state index in [1.54, 1.807) is 45.6 Å². The van der Waals surface area contributed by atoms with Gasteiger partial charge in [-0.25, -0.2) is 9.97 Å². The van der Waals surface area contributed by atoms with Gasteiger partial charge in [0, 0.05) is 64.6 Å². The lowest BCUT2D eigenvalue weighted by molar-refractivity contribution is -0.135. The Kier molecular flexibility index (Phi) is 15.9. The number of hydrogen-bond acceptors (Lipinski definition) is 11. The van der Waals surface area contributed by atoms with Crippen LogP contribution in [0.5, 0.6) is 0 Å². The fraction of sp³-hybridized carbons (Fsp3) is 0.484. The summed E-state index contributed by atoms with van der Waals surface area (Å²) in [5.74, 6) is 7.43. The van der Waals surface area contributed by atoms with Crippen LogP contribution in [0.4, 0.5) is 23.3 Å². The van der Waals surface area contributed by atoms with Gasteiger partial charge in [0.25, 0.3) is 0 Å². The number of carbonyl (C=O) groups excluding carboxylic acids is 2. The minimum absolute atomic E-state index is 0.211. The molecular weight excluding hydrogens is 560 g/mol. The molecule has 44 heavy (non-hydrogen) atoms. The molecule has 2 heterocycles. The monoisotopic (exact) mass is 606 g/mol. The smallest absolute Gasteiger partial charge is 0.246 e. The number of amides is 2. The van der Waals surface area contributed by atoms with Crippen LogP contribution in [-0.4, -0.2) is 110 Å². The van der Waals surface area contributed by atoms with Crippen LogP contribution in [0.3, 0.4) is 0 Å². The number of unbranched alkanes of at least 4 members (excludes halogenated alkanes) is 1. The lowest BCUT2D eigenvalue weighted by atomic mass is 10.2. The molecule has 0 bridgehead atoms. The second-order valence-corrected chi connectivity index (χ2v) is 10.2. The van der Waals surface area contributed by atoms with E-state index in [-0.39, 0.29) is 11.8 Å². The average molecular weight is 607 g/mol. The van der Waals surface area contributed by atoms with Crippen molar-refractivity contribution in [3.05, 3.63) is 41.7 Å². The van der Waals surface area contributed by atoms with Crippen LogP contribution in [0.15, 0.2) is 30.6 Å². The number of methoxy groups -OCH3 is 1. The molecule has 0 radical (unpaired) electrons. The molecule has 0 unspecified atom stereocenters. The van der Waals surface area contributed by atoms with Gasteiger partial charge in [0.2, 0.25) is 17.8 Å². The zero-order chi connectivity index (χ0) is 32.3. The molecule has 2 aromatic heterocycles. The van der Waals surface area contributed by atoms with Crippen LogP contribution in [0.1, 0.15) is 44.2 Å². The first-order chi connectivity index (χ1) is 21.2. The second kappa shape index (κ2) is 19.6. The van der Waals surface area contributed by atoms with Gasteiger partial charge in [0.1, 0.15) is 17.7 Å². The molecule has 2 rings (SSSR count). The fourth-order valence-electron chi connectivity index (χ4n) is 3.66. The van der Waals surface area contributed by atoms with Crippen LogP contribution in [0, 0.1) is 17.3 Å². The number of carbonyl (C=O) groups is 2. The molecule has 13 heteroatoms. The molecule has 0 spiro atoms. The standard InChI is InChI=1S/C31H46N10O3/c1-7-14-33-29-24(12-9-8-10-15-35-30(43)23(2)41(5)27(42)13-11-17-40(3)4)21-37-31(39-29)38-26-19-25(20-32)28(36-22-26)34-16-18-44-6/h11,13,19-23,32H,7-8,10,14-18H2,1-6H3,(H,34,36)(H,35,43)(H2,33,37,38,39)/b13-11+,32-20?/t23-/m0/s1. The van der Waals surface area contributed by atoms with Crippen molar-refractivity contribution in [2.75, 3.05) is 77.0 Å². The molecule has 1 atom stereocenters. The molecule has 0 fully saturated rings. The summed E-state index contributed by atoms with van der Waals surface area (Å²) >= 11 is 0. The van der Waals surface area contributed by atoms with Gasteiger partial charge in [0.15, 0.2) is 0 Å². The van der Waals surface area contributed by atoms with Gasteiger partial charge in [-0.2, -0.15) is 4.98 Å². The van der Waals surface area contributed by atoms with Gasteiger partial charge in [0.05, 0.1) is 30.3 Å². The van der Waals surface area contributed by atoms with Crippen LogP contribution >= 0.6 is 0 Å². The third-order valence-corrected chi connectivity index (χ3v) is 6.30. The third kappa shape index (κ3) is 12.4.